The van der Waals surface area contributed by atoms with Crippen LogP contribution in [0.5, 0.6) is 0 Å². The van der Waals surface area contributed by atoms with Crippen molar-refractivity contribution < 1.29 is 14.7 Å². The van der Waals surface area contributed by atoms with Gasteiger partial charge in [-0.05, 0) is 12.8 Å². The molecule has 7 nitrogen and oxygen atoms in total. The molecule has 1 rings (SSSR count). The van der Waals surface area contributed by atoms with Gasteiger partial charge in [0.2, 0.25) is 5.91 Å². The van der Waals surface area contributed by atoms with Crippen molar-refractivity contribution in [1.29, 1.82) is 0 Å². The predicted octanol–water partition coefficient (Wildman–Crippen LogP) is -0.511. The monoisotopic (exact) mass is 320 g/mol. The van der Waals surface area contributed by atoms with Gasteiger partial charge in [0.1, 0.15) is 6.04 Å². The van der Waals surface area contributed by atoms with E-state index >= 15 is 0 Å². The number of carboxylic acids is 1. The number of carbonyl (C=O) groups excluding carboxylic acids is 1. The molecule has 0 radical (unpaired) electrons. The quantitative estimate of drug-likeness (QED) is 0.263. The van der Waals surface area contributed by atoms with E-state index in [-0.39, 0.29) is 16.7 Å². The molecule has 102 valence electrons. The van der Waals surface area contributed by atoms with Crippen LogP contribution in [0.25, 0.3) is 0 Å². The van der Waals surface area contributed by atoms with Crippen molar-refractivity contribution in [3.05, 3.63) is 0 Å². The van der Waals surface area contributed by atoms with Crippen LogP contribution in [0.3, 0.4) is 0 Å². The van der Waals surface area contributed by atoms with E-state index in [4.69, 9.17) is 16.6 Å². The highest BCUT2D eigenvalue weighted by Gasteiger charge is 2.36. The van der Waals surface area contributed by atoms with E-state index in [2.05, 4.69) is 20.9 Å². The zero-order valence-electron chi connectivity index (χ0n) is 9.88. The Labute approximate surface area is 113 Å². The number of carboxylic acid groups (broad SMARTS) is 1. The maximum Gasteiger partial charge on any atom is 0.326 e. The first-order chi connectivity index (χ1) is 8.41. The molecule has 0 aromatic carbocycles. The minimum absolute atomic E-state index is 0.0142. The van der Waals surface area contributed by atoms with Crippen molar-refractivity contribution in [3.63, 3.8) is 0 Å². The Balaban J connectivity index is 2.53. The summed E-state index contributed by atoms with van der Waals surface area (Å²) in [7, 11) is 0. The van der Waals surface area contributed by atoms with Gasteiger partial charge in [-0.15, -0.1) is 0 Å². The summed E-state index contributed by atoms with van der Waals surface area (Å²) in [5.74, 6) is -1.14. The number of nitrogens with zero attached hydrogens (tertiary/aromatic N) is 2. The highest BCUT2D eigenvalue weighted by Crippen LogP contribution is 2.22. The minimum Gasteiger partial charge on any atom is -0.480 e. The molecule has 0 spiro atoms. The Morgan fingerprint density at radius 2 is 2.28 bits per heavy atom. The molecule has 0 bridgehead atoms. The summed E-state index contributed by atoms with van der Waals surface area (Å²) in [6.07, 6.45) is 1.21. The van der Waals surface area contributed by atoms with Crippen LogP contribution in [0.1, 0.15) is 19.3 Å². The van der Waals surface area contributed by atoms with Gasteiger partial charge in [-0.3, -0.25) is 9.79 Å². The number of halogens is 1. The van der Waals surface area contributed by atoms with Gasteiger partial charge < -0.3 is 21.5 Å². The predicted molar refractivity (Wildman–Crippen MR) is 70.4 cm³/mol. The van der Waals surface area contributed by atoms with Gasteiger partial charge in [-0.2, -0.15) is 0 Å². The van der Waals surface area contributed by atoms with Gasteiger partial charge in [0.05, 0.1) is 0 Å². The number of alkyl halides is 1. The number of likely N-dealkylation sites (tertiary alicyclic amines) is 1. The third kappa shape index (κ3) is 4.17. The summed E-state index contributed by atoms with van der Waals surface area (Å²) >= 11 is 3.33. The topological polar surface area (TPSA) is 122 Å². The highest BCUT2D eigenvalue weighted by molar-refractivity contribution is 9.09. The lowest BCUT2D eigenvalue weighted by molar-refractivity contribution is -0.148. The standard InChI is InChI=1S/C10H17BrN4O3/c11-6-4-8(16)15(5-6)7(9(17)18)2-1-3-14-10(12)13/h6-7H,1-5H2,(H,17,18)(H4,12,13,14). The average molecular weight is 321 g/mol. The van der Waals surface area contributed by atoms with Crippen molar-refractivity contribution >= 4 is 33.8 Å². The third-order valence-electron chi connectivity index (χ3n) is 2.70. The maximum atomic E-state index is 11.6. The molecule has 1 saturated heterocycles. The number of guanidine groups is 1. The fraction of sp³-hybridized carbons (Fsp3) is 0.700. The lowest BCUT2D eigenvalue weighted by Gasteiger charge is -2.24. The van der Waals surface area contributed by atoms with Crippen molar-refractivity contribution in [3.8, 4) is 0 Å². The van der Waals surface area contributed by atoms with Crippen molar-refractivity contribution in [2.24, 2.45) is 16.5 Å². The first-order valence-electron chi connectivity index (χ1n) is 5.63. The van der Waals surface area contributed by atoms with E-state index in [9.17, 15) is 9.59 Å². The fourth-order valence-corrected chi connectivity index (χ4v) is 2.48. The summed E-state index contributed by atoms with van der Waals surface area (Å²) in [4.78, 5) is 28.0. The molecule has 0 aliphatic carbocycles. The van der Waals surface area contributed by atoms with Crippen LogP contribution < -0.4 is 11.5 Å². The number of carbonyl (C=O) groups is 2. The number of hydrogen-bond donors (Lipinski definition) is 3. The summed E-state index contributed by atoms with van der Waals surface area (Å²) < 4.78 is 0. The van der Waals surface area contributed by atoms with Crippen LogP contribution in [0.2, 0.25) is 0 Å². The van der Waals surface area contributed by atoms with Gasteiger partial charge in [0.15, 0.2) is 5.96 Å². The summed E-state index contributed by atoms with van der Waals surface area (Å²) in [6.45, 7) is 0.796. The third-order valence-corrected chi connectivity index (χ3v) is 3.32. The molecule has 0 saturated carbocycles. The smallest absolute Gasteiger partial charge is 0.326 e. The maximum absolute atomic E-state index is 11.6. The number of aliphatic carboxylic acids is 1. The van der Waals surface area contributed by atoms with Crippen LogP contribution in [-0.4, -0.2) is 51.8 Å². The Kier molecular flexibility index (Phi) is 5.39. The lowest BCUT2D eigenvalue weighted by atomic mass is 10.1. The van der Waals surface area contributed by atoms with E-state index in [1.54, 1.807) is 0 Å². The Hall–Kier alpha value is -1.31. The molecule has 1 aliphatic heterocycles. The molecule has 1 fully saturated rings. The van der Waals surface area contributed by atoms with E-state index in [0.717, 1.165) is 0 Å². The van der Waals surface area contributed by atoms with Crippen LogP contribution in [0.4, 0.5) is 0 Å². The van der Waals surface area contributed by atoms with Gasteiger partial charge in [0, 0.05) is 24.3 Å². The zero-order chi connectivity index (χ0) is 13.7. The Morgan fingerprint density at radius 1 is 1.61 bits per heavy atom. The Bertz CT molecular complexity index is 357. The molecule has 18 heavy (non-hydrogen) atoms. The van der Waals surface area contributed by atoms with E-state index in [1.807, 2.05) is 0 Å². The summed E-state index contributed by atoms with van der Waals surface area (Å²) in [5.41, 5.74) is 10.3. The van der Waals surface area contributed by atoms with Crippen molar-refractivity contribution in [2.75, 3.05) is 13.1 Å². The molecule has 0 aromatic heterocycles. The average Bonchev–Trinajstić information content (AvgIpc) is 2.56. The molecular weight excluding hydrogens is 304 g/mol. The molecular formula is C10H17BrN4O3. The molecule has 8 heteroatoms. The second-order valence-corrected chi connectivity index (χ2v) is 5.45. The minimum atomic E-state index is -0.991. The van der Waals surface area contributed by atoms with Crippen LogP contribution in [0, 0.1) is 0 Å². The SMILES string of the molecule is NC(N)=NCCCC(C(=O)O)N1CC(Br)CC1=O. The van der Waals surface area contributed by atoms with Gasteiger partial charge >= 0.3 is 5.97 Å². The van der Waals surface area contributed by atoms with Crippen LogP contribution in [0.15, 0.2) is 4.99 Å². The number of aliphatic imine (C=N–C) groups is 1. The second-order valence-electron chi connectivity index (χ2n) is 4.15. The molecule has 0 aromatic rings. The van der Waals surface area contributed by atoms with Crippen LogP contribution >= 0.6 is 15.9 Å². The van der Waals surface area contributed by atoms with E-state index < -0.39 is 12.0 Å². The molecule has 1 aliphatic rings. The van der Waals surface area contributed by atoms with Crippen LogP contribution in [-0.2, 0) is 9.59 Å². The Morgan fingerprint density at radius 3 is 2.72 bits per heavy atom. The number of rotatable bonds is 6. The van der Waals surface area contributed by atoms with Gasteiger partial charge in [-0.1, -0.05) is 15.9 Å². The summed E-state index contributed by atoms with van der Waals surface area (Å²) in [6, 6.07) is -0.797. The lowest BCUT2D eigenvalue weighted by Crippen LogP contribution is -2.42. The number of amides is 1. The summed E-state index contributed by atoms with van der Waals surface area (Å²) in [5, 5.41) is 9.15. The fourth-order valence-electron chi connectivity index (χ4n) is 1.89. The molecule has 1 heterocycles. The largest absolute Gasteiger partial charge is 0.480 e. The molecule has 5 N–H and O–H groups in total. The molecule has 2 unspecified atom stereocenters. The van der Waals surface area contributed by atoms with E-state index in [1.165, 1.54) is 4.90 Å². The van der Waals surface area contributed by atoms with E-state index in [0.29, 0.717) is 32.4 Å². The number of hydrogen-bond acceptors (Lipinski definition) is 3. The van der Waals surface area contributed by atoms with Crippen molar-refractivity contribution in [1.82, 2.24) is 4.90 Å². The van der Waals surface area contributed by atoms with Gasteiger partial charge in [-0.25, -0.2) is 4.79 Å². The molecule has 1 amide bonds. The highest BCUT2D eigenvalue weighted by atomic mass is 79.9. The second kappa shape index (κ2) is 6.58. The van der Waals surface area contributed by atoms with Gasteiger partial charge in [0.25, 0.3) is 0 Å². The normalized spacial score (nSPS) is 20.8. The first-order valence-corrected chi connectivity index (χ1v) is 6.55. The number of nitrogens with two attached hydrogens (primary N) is 2. The van der Waals surface area contributed by atoms with Crippen molar-refractivity contribution in [2.45, 2.75) is 30.1 Å². The first kappa shape index (κ1) is 14.7. The molecule has 2 atom stereocenters. The zero-order valence-corrected chi connectivity index (χ0v) is 11.5.